The molecule has 0 spiro atoms. The molecule has 0 atom stereocenters. The van der Waals surface area contributed by atoms with Crippen molar-refractivity contribution in [2.24, 2.45) is 0 Å². The van der Waals surface area contributed by atoms with Crippen LogP contribution >= 0.6 is 7.82 Å². The molecular weight excluding hydrogens is 296 g/mol. The van der Waals surface area contributed by atoms with Crippen LogP contribution in [-0.2, 0) is 37.6 Å². The molecule has 0 amide bonds. The van der Waals surface area contributed by atoms with Crippen molar-refractivity contribution in [1.82, 2.24) is 0 Å². The number of phosphoric ester groups is 1. The normalized spacial score (nSPS) is 11.1. The molecule has 14 heavy (non-hydrogen) atoms. The summed E-state index contributed by atoms with van der Waals surface area (Å²) in [7, 11) is -4.08. The van der Waals surface area contributed by atoms with Crippen LogP contribution in [0.1, 0.15) is 0 Å². The minimum atomic E-state index is -4.69. The maximum Gasteiger partial charge on any atom is 2.00 e. The molecule has 11 heteroatoms. The van der Waals surface area contributed by atoms with Gasteiger partial charge in [0.15, 0.2) is 0 Å². The first-order valence-electron chi connectivity index (χ1n) is 2.59. The number of halogens is 1. The molecule has 1 N–H and O–H groups in total. The Morgan fingerprint density at radius 2 is 1.21 bits per heavy atom. The topological polar surface area (TPSA) is 134 Å². The van der Waals surface area contributed by atoms with E-state index in [-0.39, 0.29) is 19.5 Å². The fourth-order valence-electron chi connectivity index (χ4n) is 0.224. The van der Waals surface area contributed by atoms with Gasteiger partial charge in [0, 0.05) is 21.3 Å². The molecular formula is C3H10ClO8PZn+2. The maximum absolute atomic E-state index is 10.7. The monoisotopic (exact) mass is 304 g/mol. The van der Waals surface area contributed by atoms with E-state index < -0.39 is 18.1 Å². The number of rotatable bonds is 3. The summed E-state index contributed by atoms with van der Waals surface area (Å²) in [5.74, 6) is 0. The van der Waals surface area contributed by atoms with Crippen LogP contribution in [0.2, 0.25) is 0 Å². The minimum Gasteiger partial charge on any atom is -0.290 e. The average Bonchev–Trinajstić information content (AvgIpc) is 2.00. The van der Waals surface area contributed by atoms with E-state index in [0.29, 0.717) is 0 Å². The Morgan fingerprint density at radius 1 is 1.07 bits per heavy atom. The van der Waals surface area contributed by atoms with E-state index in [2.05, 4.69) is 13.6 Å². The molecule has 8 nitrogen and oxygen atoms in total. The van der Waals surface area contributed by atoms with Crippen molar-refractivity contribution in [3.63, 3.8) is 0 Å². The van der Waals surface area contributed by atoms with Gasteiger partial charge < -0.3 is 0 Å². The second kappa shape index (κ2) is 9.12. The third-order valence-corrected chi connectivity index (χ3v) is 2.01. The van der Waals surface area contributed by atoms with Gasteiger partial charge in [-0.05, 0) is 0 Å². The smallest absolute Gasteiger partial charge is 0.290 e. The Morgan fingerprint density at radius 3 is 1.21 bits per heavy atom. The molecule has 0 saturated heterocycles. The van der Waals surface area contributed by atoms with Crippen LogP contribution in [0.25, 0.3) is 0 Å². The standard InChI is InChI=1S/C3H9O4P.ClHO4.Zn/c1-5-8(4,6-2)7-3;2-1(3,4)5;/h1-3H3;(H,2,3,4,5);/q;;+2. The van der Waals surface area contributed by atoms with Crippen molar-refractivity contribution in [2.45, 2.75) is 0 Å². The van der Waals surface area contributed by atoms with Gasteiger partial charge in [0.05, 0.1) is 14.9 Å². The van der Waals surface area contributed by atoms with Gasteiger partial charge in [0.2, 0.25) is 0 Å². The summed E-state index contributed by atoms with van der Waals surface area (Å²) < 4.78 is 56.4. The van der Waals surface area contributed by atoms with E-state index in [1.54, 1.807) is 0 Å². The van der Waals surface area contributed by atoms with Crippen molar-refractivity contribution in [1.29, 1.82) is 0 Å². The second-order valence-electron chi connectivity index (χ2n) is 1.39. The zero-order valence-corrected chi connectivity index (χ0v) is 12.5. The van der Waals surface area contributed by atoms with Gasteiger partial charge >= 0.3 is 27.3 Å². The summed E-state index contributed by atoms with van der Waals surface area (Å²) in [6.07, 6.45) is 0. The first kappa shape index (κ1) is 20.3. The molecule has 0 aliphatic heterocycles. The van der Waals surface area contributed by atoms with Gasteiger partial charge in [-0.25, -0.2) is 4.57 Å². The predicted octanol–water partition coefficient (Wildman–Crippen LogP) is -3.09. The fourth-order valence-corrected chi connectivity index (χ4v) is 0.671. The summed E-state index contributed by atoms with van der Waals surface area (Å²) in [5.41, 5.74) is 0. The zero-order chi connectivity index (χ0) is 11.1. The van der Waals surface area contributed by atoms with Gasteiger partial charge in [0.25, 0.3) is 0 Å². The molecule has 0 unspecified atom stereocenters. The van der Waals surface area contributed by atoms with Crippen molar-refractivity contribution in [3.8, 4) is 0 Å². The largest absolute Gasteiger partial charge is 2.00 e. The quantitative estimate of drug-likeness (QED) is 0.428. The van der Waals surface area contributed by atoms with Crippen LogP contribution < -0.4 is 14.0 Å². The van der Waals surface area contributed by atoms with Crippen LogP contribution in [0.4, 0.5) is 0 Å². The van der Waals surface area contributed by atoms with Gasteiger partial charge in [0.1, 0.15) is 0 Å². The average molecular weight is 306 g/mol. The molecule has 0 radical (unpaired) electrons. The molecule has 0 aromatic carbocycles. The Kier molecular flexibility index (Phi) is 13.2. The fraction of sp³-hybridized carbons (Fsp3) is 1.00. The van der Waals surface area contributed by atoms with Crippen LogP contribution in [-0.4, -0.2) is 26.0 Å². The second-order valence-corrected chi connectivity index (χ2v) is 4.17. The number of hydrogen-bond donors (Lipinski definition) is 1. The molecule has 0 aliphatic rings. The molecule has 0 bridgehead atoms. The third kappa shape index (κ3) is 18.6. The first-order valence-corrected chi connectivity index (χ1v) is 5.31. The van der Waals surface area contributed by atoms with Gasteiger partial charge in [-0.1, -0.05) is 0 Å². The van der Waals surface area contributed by atoms with Crippen molar-refractivity contribution in [2.75, 3.05) is 21.3 Å². The van der Waals surface area contributed by atoms with E-state index in [1.165, 1.54) is 21.3 Å². The van der Waals surface area contributed by atoms with Crippen LogP contribution in [0.15, 0.2) is 0 Å². The SMILES string of the molecule is COP(=O)(OC)OC.[O-][Cl+3]([O-])([O-])O.[Zn+2]. The molecule has 0 aromatic rings. The summed E-state index contributed by atoms with van der Waals surface area (Å²) >= 11 is 0. The third-order valence-electron chi connectivity index (χ3n) is 0.671. The molecule has 0 saturated carbocycles. The summed E-state index contributed by atoms with van der Waals surface area (Å²) in [6, 6.07) is 0. The molecule has 0 heterocycles. The first-order chi connectivity index (χ1) is 5.68. The molecule has 0 rings (SSSR count). The molecule has 82 valence electrons. The van der Waals surface area contributed by atoms with Crippen molar-refractivity contribution >= 4 is 7.82 Å². The Balaban J connectivity index is -0.000000177. The van der Waals surface area contributed by atoms with Crippen LogP contribution in [0.3, 0.4) is 0 Å². The van der Waals surface area contributed by atoms with Crippen molar-refractivity contribution < 1.29 is 66.5 Å². The van der Waals surface area contributed by atoms with Gasteiger partial charge in [-0.15, -0.1) is 0 Å². The minimum absolute atomic E-state index is 0. The summed E-state index contributed by atoms with van der Waals surface area (Å²) in [4.78, 5) is 0. The van der Waals surface area contributed by atoms with Gasteiger partial charge in [-0.3, -0.25) is 13.6 Å². The Hall–Kier alpha value is 0.863. The van der Waals surface area contributed by atoms with E-state index in [1.807, 2.05) is 0 Å². The van der Waals surface area contributed by atoms with Crippen LogP contribution in [0.5, 0.6) is 0 Å². The number of hydrogen-bond acceptors (Lipinski definition) is 8. The van der Waals surface area contributed by atoms with E-state index in [0.717, 1.165) is 0 Å². The van der Waals surface area contributed by atoms with E-state index >= 15 is 0 Å². The van der Waals surface area contributed by atoms with E-state index in [4.69, 9.17) is 18.6 Å². The van der Waals surface area contributed by atoms with E-state index in [9.17, 15) is 4.57 Å². The molecule has 0 aromatic heterocycles. The Labute approximate surface area is 95.9 Å². The summed E-state index contributed by atoms with van der Waals surface area (Å²) in [6.45, 7) is 0. The van der Waals surface area contributed by atoms with Gasteiger partial charge in [-0.2, -0.15) is 14.0 Å². The maximum atomic E-state index is 10.7. The molecule has 0 fully saturated rings. The molecule has 0 aliphatic carbocycles. The zero-order valence-electron chi connectivity index (χ0n) is 7.84. The van der Waals surface area contributed by atoms with Crippen molar-refractivity contribution in [3.05, 3.63) is 0 Å². The van der Waals surface area contributed by atoms with Crippen LogP contribution in [0, 0.1) is 10.2 Å². The summed E-state index contributed by atoms with van der Waals surface area (Å²) in [5, 5.41) is 0. The number of phosphoric acid groups is 1. The predicted molar refractivity (Wildman–Crippen MR) is 30.9 cm³/mol. The Bertz CT molecular complexity index is 145.